The highest BCUT2D eigenvalue weighted by atomic mass is 79.9. The summed E-state index contributed by atoms with van der Waals surface area (Å²) < 4.78 is 27.1. The van der Waals surface area contributed by atoms with Crippen LogP contribution in [0.3, 0.4) is 0 Å². The maximum absolute atomic E-state index is 13.3. The van der Waals surface area contributed by atoms with E-state index in [0.717, 1.165) is 4.90 Å². The predicted octanol–water partition coefficient (Wildman–Crippen LogP) is 1.77. The first-order valence-electron chi connectivity index (χ1n) is 7.40. The molecule has 2 heterocycles. The minimum atomic E-state index is -2.81. The first kappa shape index (κ1) is 17.2. The molecule has 3 amide bonds. The second kappa shape index (κ2) is 5.99. The van der Waals surface area contributed by atoms with Crippen LogP contribution in [-0.2, 0) is 4.79 Å². The van der Waals surface area contributed by atoms with Crippen LogP contribution < -0.4 is 5.32 Å². The molecule has 1 aliphatic heterocycles. The van der Waals surface area contributed by atoms with E-state index in [4.69, 9.17) is 0 Å². The Morgan fingerprint density at radius 3 is 2.50 bits per heavy atom. The quantitative estimate of drug-likeness (QED) is 0.748. The van der Waals surface area contributed by atoms with Crippen LogP contribution in [-0.4, -0.2) is 49.9 Å². The average molecular weight is 405 g/mol. The van der Waals surface area contributed by atoms with E-state index in [1.54, 1.807) is 0 Å². The predicted molar refractivity (Wildman–Crippen MR) is 81.1 cm³/mol. The molecule has 1 spiro atoms. The Hall–Kier alpha value is -1.68. The number of nitrogens with zero attached hydrogens (tertiary/aromatic N) is 3. The van der Waals surface area contributed by atoms with Gasteiger partial charge in [-0.15, -0.1) is 0 Å². The number of aromatic nitrogens is 2. The van der Waals surface area contributed by atoms with Crippen molar-refractivity contribution in [1.29, 1.82) is 0 Å². The van der Waals surface area contributed by atoms with Crippen LogP contribution in [0.2, 0.25) is 0 Å². The third-order valence-electron chi connectivity index (χ3n) is 4.42. The van der Waals surface area contributed by atoms with Crippen LogP contribution in [0.25, 0.3) is 0 Å². The molecule has 2 N–H and O–H groups in total. The van der Waals surface area contributed by atoms with E-state index in [0.29, 0.717) is 4.60 Å². The topological polar surface area (TPSA) is 95.4 Å². The van der Waals surface area contributed by atoms with Gasteiger partial charge in [0.15, 0.2) is 0 Å². The van der Waals surface area contributed by atoms with Gasteiger partial charge in [-0.1, -0.05) is 0 Å². The summed E-state index contributed by atoms with van der Waals surface area (Å²) in [5.74, 6) is -3.39. The van der Waals surface area contributed by atoms with Gasteiger partial charge in [-0.2, -0.15) is 0 Å². The third kappa shape index (κ3) is 3.12. The van der Waals surface area contributed by atoms with Crippen molar-refractivity contribution in [2.75, 3.05) is 6.54 Å². The van der Waals surface area contributed by atoms with Crippen LogP contribution in [0.5, 0.6) is 0 Å². The number of imide groups is 1. The van der Waals surface area contributed by atoms with Gasteiger partial charge in [-0.3, -0.25) is 14.7 Å². The summed E-state index contributed by atoms with van der Waals surface area (Å²) in [6.07, 6.45) is 0.367. The molecule has 24 heavy (non-hydrogen) atoms. The normalized spacial score (nSPS) is 23.4. The lowest BCUT2D eigenvalue weighted by molar-refractivity contribution is -0.136. The second-order valence-corrected chi connectivity index (χ2v) is 6.88. The number of hydrogen-bond donors (Lipinski definition) is 2. The van der Waals surface area contributed by atoms with Crippen molar-refractivity contribution < 1.29 is 23.5 Å². The zero-order chi connectivity index (χ0) is 17.5. The molecule has 2 aliphatic rings. The molecule has 1 aromatic rings. The first-order chi connectivity index (χ1) is 11.2. The summed E-state index contributed by atoms with van der Waals surface area (Å²) >= 11 is 3.11. The SMILES string of the molecule is O=C1NC2(CCC(F)(F)CC2)C(=O)N1CC(O)c1cnc(Br)cn1. The number of alkyl halides is 2. The van der Waals surface area contributed by atoms with E-state index < -0.39 is 42.3 Å². The van der Waals surface area contributed by atoms with Crippen molar-refractivity contribution in [1.82, 2.24) is 20.2 Å². The monoisotopic (exact) mass is 404 g/mol. The molecule has 7 nitrogen and oxygen atoms in total. The minimum Gasteiger partial charge on any atom is -0.385 e. The average Bonchev–Trinajstić information content (AvgIpc) is 2.76. The van der Waals surface area contributed by atoms with Gasteiger partial charge in [0.05, 0.1) is 24.6 Å². The molecule has 0 aromatic carbocycles. The summed E-state index contributed by atoms with van der Waals surface area (Å²) in [5, 5.41) is 12.7. The Kier molecular flexibility index (Phi) is 4.28. The number of nitrogens with one attached hydrogen (secondary N) is 1. The summed E-state index contributed by atoms with van der Waals surface area (Å²) in [6.45, 7) is -0.306. The summed E-state index contributed by atoms with van der Waals surface area (Å²) in [6, 6.07) is -0.686. The maximum Gasteiger partial charge on any atom is 0.325 e. The van der Waals surface area contributed by atoms with E-state index in [9.17, 15) is 23.5 Å². The van der Waals surface area contributed by atoms with Gasteiger partial charge in [0.1, 0.15) is 16.2 Å². The van der Waals surface area contributed by atoms with Crippen molar-refractivity contribution in [3.63, 3.8) is 0 Å². The first-order valence-corrected chi connectivity index (χ1v) is 8.19. The van der Waals surface area contributed by atoms with Crippen LogP contribution >= 0.6 is 15.9 Å². The number of aliphatic hydroxyl groups is 1. The molecule has 10 heteroatoms. The molecule has 0 bridgehead atoms. The van der Waals surface area contributed by atoms with Crippen molar-refractivity contribution in [2.45, 2.75) is 43.2 Å². The molecule has 1 unspecified atom stereocenters. The number of carbonyl (C=O) groups is 2. The molecule has 2 fully saturated rings. The number of β-amino-alcohol motifs (C(OH)–C–C–N with tert-alkyl or cyclic N) is 1. The van der Waals surface area contributed by atoms with Crippen molar-refractivity contribution in [2.24, 2.45) is 0 Å². The van der Waals surface area contributed by atoms with Crippen molar-refractivity contribution in [3.05, 3.63) is 22.7 Å². The van der Waals surface area contributed by atoms with Gasteiger partial charge in [-0.05, 0) is 28.8 Å². The molecule has 1 atom stereocenters. The van der Waals surface area contributed by atoms with E-state index in [-0.39, 0.29) is 25.1 Å². The summed E-state index contributed by atoms with van der Waals surface area (Å²) in [7, 11) is 0. The van der Waals surface area contributed by atoms with Crippen LogP contribution in [0.15, 0.2) is 17.0 Å². The maximum atomic E-state index is 13.3. The lowest BCUT2D eigenvalue weighted by Crippen LogP contribution is -2.51. The highest BCUT2D eigenvalue weighted by molar-refractivity contribution is 9.10. The molecule has 1 saturated carbocycles. The van der Waals surface area contributed by atoms with Gasteiger partial charge in [0.25, 0.3) is 5.91 Å². The lowest BCUT2D eigenvalue weighted by Gasteiger charge is -2.34. The standard InChI is InChI=1S/C14H15BrF2N4O3/c15-10-6-18-8(5-19-10)9(22)7-21-11(23)13(20-12(21)24)1-3-14(16,17)4-2-13/h5-6,9,22H,1-4,7H2,(H,20,24). The number of halogens is 3. The molecule has 1 aromatic heterocycles. The van der Waals surface area contributed by atoms with Gasteiger partial charge in [-0.25, -0.2) is 18.6 Å². The molecular formula is C14H15BrF2N4O3. The number of amides is 3. The van der Waals surface area contributed by atoms with E-state index in [1.807, 2.05) is 0 Å². The number of aliphatic hydroxyl groups excluding tert-OH is 1. The van der Waals surface area contributed by atoms with Gasteiger partial charge in [0, 0.05) is 12.8 Å². The fourth-order valence-electron chi connectivity index (χ4n) is 2.98. The van der Waals surface area contributed by atoms with Crippen LogP contribution in [0, 0.1) is 0 Å². The lowest BCUT2D eigenvalue weighted by atomic mass is 9.80. The van der Waals surface area contributed by atoms with Gasteiger partial charge < -0.3 is 10.4 Å². The molecule has 0 radical (unpaired) electrons. The highest BCUT2D eigenvalue weighted by Crippen LogP contribution is 2.41. The number of rotatable bonds is 3. The van der Waals surface area contributed by atoms with E-state index in [1.165, 1.54) is 12.4 Å². The fraction of sp³-hybridized carbons (Fsp3) is 0.571. The van der Waals surface area contributed by atoms with Gasteiger partial charge in [0.2, 0.25) is 5.92 Å². The third-order valence-corrected chi connectivity index (χ3v) is 4.83. The molecule has 1 aliphatic carbocycles. The number of carbonyl (C=O) groups excluding carboxylic acids is 2. The van der Waals surface area contributed by atoms with Crippen molar-refractivity contribution in [3.8, 4) is 0 Å². The minimum absolute atomic E-state index is 0.116. The second-order valence-electron chi connectivity index (χ2n) is 6.06. The van der Waals surface area contributed by atoms with E-state index >= 15 is 0 Å². The zero-order valence-electron chi connectivity index (χ0n) is 12.5. The van der Waals surface area contributed by atoms with Crippen molar-refractivity contribution >= 4 is 27.9 Å². The molecule has 130 valence electrons. The summed E-state index contributed by atoms with van der Waals surface area (Å²) in [5.41, 5.74) is -1.08. The van der Waals surface area contributed by atoms with Crippen LogP contribution in [0.1, 0.15) is 37.5 Å². The Morgan fingerprint density at radius 2 is 1.92 bits per heavy atom. The largest absolute Gasteiger partial charge is 0.385 e. The zero-order valence-corrected chi connectivity index (χ0v) is 14.1. The Morgan fingerprint density at radius 1 is 1.25 bits per heavy atom. The Balaban J connectivity index is 1.72. The Labute approximate surface area is 144 Å². The Bertz CT molecular complexity index is 660. The van der Waals surface area contributed by atoms with E-state index in [2.05, 4.69) is 31.2 Å². The summed E-state index contributed by atoms with van der Waals surface area (Å²) in [4.78, 5) is 33.4. The molecule has 3 rings (SSSR count). The smallest absolute Gasteiger partial charge is 0.325 e. The number of urea groups is 1. The van der Waals surface area contributed by atoms with Crippen LogP contribution in [0.4, 0.5) is 13.6 Å². The highest BCUT2D eigenvalue weighted by Gasteiger charge is 2.55. The van der Waals surface area contributed by atoms with Gasteiger partial charge >= 0.3 is 6.03 Å². The molecule has 1 saturated heterocycles. The fourth-order valence-corrected chi connectivity index (χ4v) is 3.19. The molecular weight excluding hydrogens is 390 g/mol. The number of hydrogen-bond acceptors (Lipinski definition) is 5.